The minimum Gasteiger partial charge on any atom is -0.399 e. The highest BCUT2D eigenvalue weighted by Crippen LogP contribution is 2.36. The first-order valence-corrected chi connectivity index (χ1v) is 7.26. The van der Waals surface area contributed by atoms with Gasteiger partial charge in [-0.2, -0.15) is 0 Å². The fraction of sp³-hybridized carbons (Fsp3) is 0.600. The maximum atomic E-state index is 6.26. The normalized spacial score (nSPS) is 16.8. The first-order valence-electron chi connectivity index (χ1n) is 6.88. The van der Waals surface area contributed by atoms with E-state index >= 15 is 0 Å². The van der Waals surface area contributed by atoms with Crippen LogP contribution in [0.15, 0.2) is 18.2 Å². The maximum Gasteiger partial charge on any atom is 0.0589 e. The van der Waals surface area contributed by atoms with Gasteiger partial charge in [-0.25, -0.2) is 0 Å². The van der Waals surface area contributed by atoms with Gasteiger partial charge in [-0.05, 0) is 49.4 Å². The Morgan fingerprint density at radius 3 is 2.84 bits per heavy atom. The highest BCUT2D eigenvalue weighted by atomic mass is 35.5. The molecule has 0 bridgehead atoms. The number of hydrogen-bond donors (Lipinski definition) is 1. The van der Waals surface area contributed by atoms with Crippen LogP contribution in [0.2, 0.25) is 5.02 Å². The van der Waals surface area contributed by atoms with Gasteiger partial charge in [-0.3, -0.25) is 4.90 Å². The standard InChI is InChI=1S/C15H23ClN2O/c1-11(12-3-4-12)18(7-8-19-2)10-13-9-14(17)5-6-15(13)16/h5-6,9,11-12H,3-4,7-8,10,17H2,1-2H3. The van der Waals surface area contributed by atoms with E-state index in [4.69, 9.17) is 22.1 Å². The Bertz CT molecular complexity index is 421. The van der Waals surface area contributed by atoms with Gasteiger partial charge in [0.1, 0.15) is 0 Å². The molecule has 1 atom stereocenters. The zero-order chi connectivity index (χ0) is 13.8. The molecule has 2 N–H and O–H groups in total. The van der Waals surface area contributed by atoms with E-state index in [1.165, 1.54) is 12.8 Å². The van der Waals surface area contributed by atoms with Crippen LogP contribution in [-0.2, 0) is 11.3 Å². The fourth-order valence-corrected chi connectivity index (χ4v) is 2.62. The molecule has 0 heterocycles. The summed E-state index contributed by atoms with van der Waals surface area (Å²) in [4.78, 5) is 2.45. The Hall–Kier alpha value is -0.770. The van der Waals surface area contributed by atoms with Crippen molar-refractivity contribution >= 4 is 17.3 Å². The average Bonchev–Trinajstić information content (AvgIpc) is 3.22. The number of halogens is 1. The number of nitrogens with two attached hydrogens (primary N) is 1. The molecule has 0 spiro atoms. The zero-order valence-electron chi connectivity index (χ0n) is 11.7. The number of nitrogen functional groups attached to an aromatic ring is 1. The molecule has 0 saturated heterocycles. The molecule has 2 rings (SSSR count). The second kappa shape index (κ2) is 6.60. The summed E-state index contributed by atoms with van der Waals surface area (Å²) in [7, 11) is 1.74. The van der Waals surface area contributed by atoms with Crippen molar-refractivity contribution in [2.75, 3.05) is 26.0 Å². The lowest BCUT2D eigenvalue weighted by atomic mass is 10.1. The van der Waals surface area contributed by atoms with Gasteiger partial charge in [0.05, 0.1) is 6.61 Å². The summed E-state index contributed by atoms with van der Waals surface area (Å²) in [6, 6.07) is 6.27. The Labute approximate surface area is 120 Å². The van der Waals surface area contributed by atoms with E-state index in [2.05, 4.69) is 11.8 Å². The van der Waals surface area contributed by atoms with Crippen molar-refractivity contribution in [2.24, 2.45) is 5.92 Å². The van der Waals surface area contributed by atoms with Gasteiger partial charge in [0, 0.05) is 37.0 Å². The van der Waals surface area contributed by atoms with Crippen LogP contribution < -0.4 is 5.73 Å². The third-order valence-corrected chi connectivity index (χ3v) is 4.27. The molecule has 4 heteroatoms. The summed E-state index contributed by atoms with van der Waals surface area (Å²) in [5.74, 6) is 0.830. The highest BCUT2D eigenvalue weighted by Gasteiger charge is 2.31. The molecular weight excluding hydrogens is 260 g/mol. The minimum absolute atomic E-state index is 0.577. The quantitative estimate of drug-likeness (QED) is 0.781. The Morgan fingerprint density at radius 1 is 1.47 bits per heavy atom. The van der Waals surface area contributed by atoms with Crippen molar-refractivity contribution in [3.8, 4) is 0 Å². The average molecular weight is 283 g/mol. The number of rotatable bonds is 7. The molecule has 1 aliphatic rings. The van der Waals surface area contributed by atoms with Gasteiger partial charge >= 0.3 is 0 Å². The predicted molar refractivity (Wildman–Crippen MR) is 80.3 cm³/mol. The lowest BCUT2D eigenvalue weighted by Gasteiger charge is -2.29. The van der Waals surface area contributed by atoms with E-state index in [9.17, 15) is 0 Å². The van der Waals surface area contributed by atoms with Crippen LogP contribution in [0.25, 0.3) is 0 Å². The largest absolute Gasteiger partial charge is 0.399 e. The van der Waals surface area contributed by atoms with Gasteiger partial charge in [0.2, 0.25) is 0 Å². The molecule has 1 unspecified atom stereocenters. The van der Waals surface area contributed by atoms with Crippen molar-refractivity contribution in [3.63, 3.8) is 0 Å². The first-order chi connectivity index (χ1) is 9.11. The lowest BCUT2D eigenvalue weighted by molar-refractivity contribution is 0.112. The molecule has 0 aliphatic heterocycles. The van der Waals surface area contributed by atoms with Crippen LogP contribution in [0.1, 0.15) is 25.3 Å². The Kier molecular flexibility index (Phi) is 5.08. The van der Waals surface area contributed by atoms with Gasteiger partial charge in [-0.1, -0.05) is 11.6 Å². The second-order valence-corrected chi connectivity index (χ2v) is 5.80. The molecule has 1 fully saturated rings. The third kappa shape index (κ3) is 4.10. The van der Waals surface area contributed by atoms with Crippen molar-refractivity contribution in [3.05, 3.63) is 28.8 Å². The maximum absolute atomic E-state index is 6.26. The molecule has 1 aliphatic carbocycles. The molecule has 1 saturated carbocycles. The van der Waals surface area contributed by atoms with Crippen LogP contribution in [0.4, 0.5) is 5.69 Å². The van der Waals surface area contributed by atoms with E-state index in [0.717, 1.165) is 41.9 Å². The smallest absolute Gasteiger partial charge is 0.0589 e. The number of hydrogen-bond acceptors (Lipinski definition) is 3. The van der Waals surface area contributed by atoms with Gasteiger partial charge in [-0.15, -0.1) is 0 Å². The molecule has 0 aromatic heterocycles. The summed E-state index contributed by atoms with van der Waals surface area (Å²) in [5.41, 5.74) is 7.72. The fourth-order valence-electron chi connectivity index (χ4n) is 2.45. The molecule has 1 aromatic carbocycles. The van der Waals surface area contributed by atoms with E-state index in [1.807, 2.05) is 18.2 Å². The summed E-state index contributed by atoms with van der Waals surface area (Å²) >= 11 is 6.26. The van der Waals surface area contributed by atoms with E-state index in [-0.39, 0.29) is 0 Å². The molecule has 1 aromatic rings. The summed E-state index contributed by atoms with van der Waals surface area (Å²) in [5, 5.41) is 0.791. The monoisotopic (exact) mass is 282 g/mol. The number of methoxy groups -OCH3 is 1. The summed E-state index contributed by atoms with van der Waals surface area (Å²) in [6.45, 7) is 4.81. The van der Waals surface area contributed by atoms with Crippen molar-refractivity contribution in [2.45, 2.75) is 32.4 Å². The first kappa shape index (κ1) is 14.6. The molecule has 0 radical (unpaired) electrons. The number of nitrogens with zero attached hydrogens (tertiary/aromatic N) is 1. The van der Waals surface area contributed by atoms with Crippen molar-refractivity contribution < 1.29 is 4.74 Å². The minimum atomic E-state index is 0.577. The predicted octanol–water partition coefficient (Wildman–Crippen LogP) is 3.17. The Balaban J connectivity index is 2.07. The Morgan fingerprint density at radius 2 is 2.21 bits per heavy atom. The van der Waals surface area contributed by atoms with Crippen molar-refractivity contribution in [1.82, 2.24) is 4.90 Å². The molecular formula is C15H23ClN2O. The highest BCUT2D eigenvalue weighted by molar-refractivity contribution is 6.31. The van der Waals surface area contributed by atoms with Crippen LogP contribution in [-0.4, -0.2) is 31.2 Å². The van der Waals surface area contributed by atoms with Gasteiger partial charge < -0.3 is 10.5 Å². The number of anilines is 1. The lowest BCUT2D eigenvalue weighted by Crippen LogP contribution is -2.36. The van der Waals surface area contributed by atoms with Crippen molar-refractivity contribution in [1.29, 1.82) is 0 Å². The molecule has 106 valence electrons. The second-order valence-electron chi connectivity index (χ2n) is 5.39. The van der Waals surface area contributed by atoms with Crippen LogP contribution in [0.3, 0.4) is 0 Å². The molecule has 19 heavy (non-hydrogen) atoms. The summed E-state index contributed by atoms with van der Waals surface area (Å²) < 4.78 is 5.21. The number of ether oxygens (including phenoxy) is 1. The van der Waals surface area contributed by atoms with Crippen LogP contribution in [0.5, 0.6) is 0 Å². The van der Waals surface area contributed by atoms with Crippen LogP contribution >= 0.6 is 11.6 Å². The van der Waals surface area contributed by atoms with E-state index in [1.54, 1.807) is 7.11 Å². The molecule has 3 nitrogen and oxygen atoms in total. The van der Waals surface area contributed by atoms with Gasteiger partial charge in [0.15, 0.2) is 0 Å². The van der Waals surface area contributed by atoms with E-state index < -0.39 is 0 Å². The van der Waals surface area contributed by atoms with E-state index in [0.29, 0.717) is 6.04 Å². The SMILES string of the molecule is COCCN(Cc1cc(N)ccc1Cl)C(C)C1CC1. The molecule has 0 amide bonds. The van der Waals surface area contributed by atoms with Crippen LogP contribution in [0, 0.1) is 5.92 Å². The number of benzene rings is 1. The third-order valence-electron chi connectivity index (χ3n) is 3.91. The summed E-state index contributed by atoms with van der Waals surface area (Å²) in [6.07, 6.45) is 2.69. The van der Waals surface area contributed by atoms with Gasteiger partial charge in [0.25, 0.3) is 0 Å². The zero-order valence-corrected chi connectivity index (χ0v) is 12.5. The topological polar surface area (TPSA) is 38.5 Å².